The number of carbonyl (C=O) groups excluding carboxylic acids is 1. The van der Waals surface area contributed by atoms with Crippen LogP contribution >= 0.6 is 0 Å². The number of hydrogen-bond acceptors (Lipinski definition) is 4. The van der Waals surface area contributed by atoms with Crippen molar-refractivity contribution >= 4 is 12.1 Å². The molecule has 0 aromatic heterocycles. The van der Waals surface area contributed by atoms with E-state index in [9.17, 15) is 14.7 Å². The molecule has 0 aliphatic carbocycles. The van der Waals surface area contributed by atoms with Crippen LogP contribution in [-0.2, 0) is 22.5 Å². The van der Waals surface area contributed by atoms with Gasteiger partial charge in [-0.1, -0.05) is 42.5 Å². The van der Waals surface area contributed by atoms with Crippen LogP contribution in [0.25, 0.3) is 0 Å². The maximum absolute atomic E-state index is 12.8. The van der Waals surface area contributed by atoms with Gasteiger partial charge in [0.05, 0.1) is 7.11 Å². The van der Waals surface area contributed by atoms with Crippen molar-refractivity contribution in [1.29, 1.82) is 0 Å². The van der Waals surface area contributed by atoms with E-state index in [1.54, 1.807) is 52.1 Å². The number of carbonyl (C=O) groups is 2. The number of amides is 1. The minimum atomic E-state index is -1.08. The summed E-state index contributed by atoms with van der Waals surface area (Å²) in [6, 6.07) is 15.3. The molecule has 0 fully saturated rings. The molecule has 1 amide bonds. The van der Waals surface area contributed by atoms with Gasteiger partial charge in [-0.25, -0.2) is 9.59 Å². The third-order valence-corrected chi connectivity index (χ3v) is 4.07. The van der Waals surface area contributed by atoms with Gasteiger partial charge in [-0.2, -0.15) is 0 Å². The molecule has 28 heavy (non-hydrogen) atoms. The lowest BCUT2D eigenvalue weighted by Crippen LogP contribution is -2.47. The maximum atomic E-state index is 12.8. The number of nitrogens with zero attached hydrogens (tertiary/aromatic N) is 1. The highest BCUT2D eigenvalue weighted by atomic mass is 16.6. The Morgan fingerprint density at radius 2 is 1.61 bits per heavy atom. The van der Waals surface area contributed by atoms with E-state index < -0.39 is 23.7 Å². The van der Waals surface area contributed by atoms with E-state index in [-0.39, 0.29) is 13.0 Å². The van der Waals surface area contributed by atoms with Crippen molar-refractivity contribution in [3.8, 4) is 5.75 Å². The minimum Gasteiger partial charge on any atom is -0.497 e. The summed E-state index contributed by atoms with van der Waals surface area (Å²) in [5.41, 5.74) is 0.884. The number of rotatable bonds is 7. The summed E-state index contributed by atoms with van der Waals surface area (Å²) in [6.07, 6.45) is -0.474. The number of benzene rings is 2. The number of carboxylic acid groups (broad SMARTS) is 1. The molecule has 1 N–H and O–H groups in total. The van der Waals surface area contributed by atoms with Crippen LogP contribution < -0.4 is 4.74 Å². The molecule has 2 aromatic carbocycles. The van der Waals surface area contributed by atoms with Crippen LogP contribution in [0.2, 0.25) is 0 Å². The normalized spacial score (nSPS) is 12.1. The summed E-state index contributed by atoms with van der Waals surface area (Å²) in [6.45, 7) is 5.37. The Kier molecular flexibility index (Phi) is 7.04. The van der Waals surface area contributed by atoms with Gasteiger partial charge in [-0.05, 0) is 44.0 Å². The molecule has 0 bridgehead atoms. The van der Waals surface area contributed by atoms with E-state index in [0.717, 1.165) is 11.1 Å². The quantitative estimate of drug-likeness (QED) is 0.776. The first-order valence-electron chi connectivity index (χ1n) is 9.09. The van der Waals surface area contributed by atoms with Crippen LogP contribution in [0.15, 0.2) is 54.6 Å². The molecule has 0 spiro atoms. The minimum absolute atomic E-state index is 0.114. The molecule has 0 saturated heterocycles. The van der Waals surface area contributed by atoms with Crippen molar-refractivity contribution in [3.63, 3.8) is 0 Å². The predicted octanol–water partition coefficient (Wildman–Crippen LogP) is 4.13. The first-order valence-corrected chi connectivity index (χ1v) is 9.09. The topological polar surface area (TPSA) is 76.1 Å². The van der Waals surface area contributed by atoms with Gasteiger partial charge in [0.25, 0.3) is 0 Å². The summed E-state index contributed by atoms with van der Waals surface area (Å²) in [5.74, 6) is -0.394. The zero-order valence-electron chi connectivity index (χ0n) is 16.7. The van der Waals surface area contributed by atoms with Crippen molar-refractivity contribution < 1.29 is 24.2 Å². The highest BCUT2D eigenvalue weighted by Crippen LogP contribution is 2.20. The molecule has 6 heteroatoms. The average molecular weight is 385 g/mol. The molecule has 0 aliphatic rings. The molecule has 0 saturated carbocycles. The van der Waals surface area contributed by atoms with Crippen LogP contribution in [0.5, 0.6) is 5.75 Å². The van der Waals surface area contributed by atoms with Crippen molar-refractivity contribution in [2.24, 2.45) is 0 Å². The Labute approximate surface area is 165 Å². The fraction of sp³-hybridized carbons (Fsp3) is 0.364. The van der Waals surface area contributed by atoms with Crippen molar-refractivity contribution in [1.82, 2.24) is 4.90 Å². The zero-order chi connectivity index (χ0) is 20.7. The summed E-state index contributed by atoms with van der Waals surface area (Å²) in [7, 11) is 1.57. The fourth-order valence-corrected chi connectivity index (χ4v) is 2.72. The van der Waals surface area contributed by atoms with E-state index in [0.29, 0.717) is 5.75 Å². The van der Waals surface area contributed by atoms with E-state index >= 15 is 0 Å². The first-order chi connectivity index (χ1) is 13.2. The van der Waals surface area contributed by atoms with Crippen LogP contribution in [0, 0.1) is 0 Å². The van der Waals surface area contributed by atoms with Crippen LogP contribution in [0.3, 0.4) is 0 Å². The molecule has 2 rings (SSSR count). The molecular formula is C22H27NO5. The molecule has 6 nitrogen and oxygen atoms in total. The summed E-state index contributed by atoms with van der Waals surface area (Å²) in [4.78, 5) is 26.1. The molecule has 150 valence electrons. The van der Waals surface area contributed by atoms with Crippen LogP contribution in [0.4, 0.5) is 4.79 Å². The molecule has 0 aliphatic heterocycles. The van der Waals surface area contributed by atoms with Gasteiger partial charge in [-0.15, -0.1) is 0 Å². The maximum Gasteiger partial charge on any atom is 0.411 e. The lowest BCUT2D eigenvalue weighted by atomic mass is 10.0. The highest BCUT2D eigenvalue weighted by Gasteiger charge is 2.33. The Hall–Kier alpha value is -3.02. The van der Waals surface area contributed by atoms with Gasteiger partial charge < -0.3 is 14.6 Å². The fourth-order valence-electron chi connectivity index (χ4n) is 2.72. The van der Waals surface area contributed by atoms with Gasteiger partial charge in [0.15, 0.2) is 0 Å². The van der Waals surface area contributed by atoms with Crippen molar-refractivity contribution in [3.05, 3.63) is 65.7 Å². The summed E-state index contributed by atoms with van der Waals surface area (Å²) < 4.78 is 10.6. The number of methoxy groups -OCH3 is 1. The second kappa shape index (κ2) is 9.26. The third kappa shape index (κ3) is 6.30. The second-order valence-electron chi connectivity index (χ2n) is 7.50. The number of carboxylic acids is 1. The van der Waals surface area contributed by atoms with E-state index in [1.807, 2.05) is 30.3 Å². The number of hydrogen-bond donors (Lipinski definition) is 1. The smallest absolute Gasteiger partial charge is 0.411 e. The van der Waals surface area contributed by atoms with Crippen molar-refractivity contribution in [2.75, 3.05) is 7.11 Å². The van der Waals surface area contributed by atoms with E-state index in [4.69, 9.17) is 9.47 Å². The van der Waals surface area contributed by atoms with Gasteiger partial charge >= 0.3 is 12.1 Å². The van der Waals surface area contributed by atoms with Gasteiger partial charge in [0, 0.05) is 13.0 Å². The van der Waals surface area contributed by atoms with E-state index in [1.165, 1.54) is 4.90 Å². The number of ether oxygens (including phenoxy) is 2. The first kappa shape index (κ1) is 21.3. The highest BCUT2D eigenvalue weighted by molar-refractivity contribution is 5.80. The molecule has 1 atom stereocenters. The average Bonchev–Trinajstić information content (AvgIpc) is 2.64. The predicted molar refractivity (Wildman–Crippen MR) is 106 cm³/mol. The number of aliphatic carboxylic acids is 1. The zero-order valence-corrected chi connectivity index (χ0v) is 16.7. The third-order valence-electron chi connectivity index (χ3n) is 4.07. The van der Waals surface area contributed by atoms with Crippen LogP contribution in [0.1, 0.15) is 31.9 Å². The lowest BCUT2D eigenvalue weighted by Gasteiger charge is -2.31. The summed E-state index contributed by atoms with van der Waals surface area (Å²) in [5, 5.41) is 9.84. The van der Waals surface area contributed by atoms with Crippen LogP contribution in [-0.4, -0.2) is 40.8 Å². The molecule has 0 unspecified atom stereocenters. The molecule has 2 aromatic rings. The monoisotopic (exact) mass is 385 g/mol. The van der Waals surface area contributed by atoms with Gasteiger partial charge in [0.1, 0.15) is 17.4 Å². The largest absolute Gasteiger partial charge is 0.497 e. The Morgan fingerprint density at radius 3 is 2.11 bits per heavy atom. The van der Waals surface area contributed by atoms with Gasteiger partial charge in [0.2, 0.25) is 0 Å². The Balaban J connectivity index is 2.32. The summed E-state index contributed by atoms with van der Waals surface area (Å²) >= 11 is 0. The SMILES string of the molecule is COc1ccc(CN(C(=O)OC(C)(C)C)[C@@H](Cc2ccccc2)C(=O)O)cc1. The lowest BCUT2D eigenvalue weighted by molar-refractivity contribution is -0.143. The second-order valence-corrected chi connectivity index (χ2v) is 7.50. The standard InChI is InChI=1S/C22H27NO5/c1-22(2,3)28-21(26)23(15-17-10-12-18(27-4)13-11-17)19(20(24)25)14-16-8-6-5-7-9-16/h5-13,19H,14-15H2,1-4H3,(H,24,25)/t19-/m0/s1. The Morgan fingerprint density at radius 1 is 1.00 bits per heavy atom. The Bertz CT molecular complexity index is 781. The van der Waals surface area contributed by atoms with Gasteiger partial charge in [-0.3, -0.25) is 4.90 Å². The van der Waals surface area contributed by atoms with E-state index in [2.05, 4.69) is 0 Å². The van der Waals surface area contributed by atoms with Crippen molar-refractivity contribution in [2.45, 2.75) is 45.4 Å². The molecule has 0 heterocycles. The molecule has 0 radical (unpaired) electrons. The molecular weight excluding hydrogens is 358 g/mol.